The Balaban J connectivity index is 1.52. The average molecular weight is 441 g/mol. The highest BCUT2D eigenvalue weighted by molar-refractivity contribution is 6.03. The number of nitrogens with two attached hydrogens (primary N) is 1. The molecule has 0 saturated heterocycles. The fourth-order valence-corrected chi connectivity index (χ4v) is 4.74. The summed E-state index contributed by atoms with van der Waals surface area (Å²) in [7, 11) is 0. The molecule has 7 nitrogen and oxygen atoms in total. The van der Waals surface area contributed by atoms with Gasteiger partial charge in [0, 0.05) is 17.5 Å². The lowest BCUT2D eigenvalue weighted by Gasteiger charge is -2.31. The topological polar surface area (TPSA) is 96.8 Å². The summed E-state index contributed by atoms with van der Waals surface area (Å²) in [6.07, 6.45) is 7.55. The summed E-state index contributed by atoms with van der Waals surface area (Å²) in [5.74, 6) is 6.74. The lowest BCUT2D eigenvalue weighted by molar-refractivity contribution is -0.750. The van der Waals surface area contributed by atoms with Crippen LogP contribution in [0.3, 0.4) is 0 Å². The molecule has 0 radical (unpaired) electrons. The van der Waals surface area contributed by atoms with E-state index in [2.05, 4.69) is 15.0 Å². The number of hydrogen-bond acceptors (Lipinski definition) is 6. The smallest absolute Gasteiger partial charge is 0.267 e. The van der Waals surface area contributed by atoms with Crippen LogP contribution in [0.4, 0.5) is 4.39 Å². The zero-order chi connectivity index (χ0) is 22.7. The second kappa shape index (κ2) is 7.21. The quantitative estimate of drug-likeness (QED) is 0.478. The van der Waals surface area contributed by atoms with Gasteiger partial charge in [0.05, 0.1) is 35.5 Å². The van der Waals surface area contributed by atoms with Crippen LogP contribution in [0.15, 0.2) is 76.4 Å². The molecular weight excluding hydrogens is 419 g/mol. The van der Waals surface area contributed by atoms with E-state index in [0.717, 1.165) is 16.6 Å². The van der Waals surface area contributed by atoms with Crippen molar-refractivity contribution in [3.63, 3.8) is 0 Å². The molecule has 1 aromatic carbocycles. The minimum atomic E-state index is -0.472. The number of aromatic nitrogens is 2. The Bertz CT molecular complexity index is 1420. The van der Waals surface area contributed by atoms with Gasteiger partial charge in [-0.05, 0) is 49.6 Å². The third kappa shape index (κ3) is 2.99. The fraction of sp³-hybridized carbons (Fsp3) is 0.200. The van der Waals surface area contributed by atoms with Crippen LogP contribution in [0.5, 0.6) is 0 Å². The summed E-state index contributed by atoms with van der Waals surface area (Å²) in [5.41, 5.74) is 4.21. The van der Waals surface area contributed by atoms with Crippen LogP contribution in [-0.2, 0) is 0 Å². The molecule has 3 N–H and O–H groups in total. The number of benzene rings is 1. The molecule has 8 heteroatoms. The van der Waals surface area contributed by atoms with E-state index < -0.39 is 5.82 Å². The fourth-order valence-electron chi connectivity index (χ4n) is 4.74. The molecule has 0 bridgehead atoms. The SMILES string of the molecule is Cc1cc(-c2ccccn2)nc2c(F)c(C3=NC(C4CC(O)C4)=C4C=NC=C[N+]34N)ccc12. The number of allylic oxidation sites excluding steroid dienone is 2. The van der Waals surface area contributed by atoms with Gasteiger partial charge in [-0.3, -0.25) is 9.98 Å². The number of rotatable bonds is 3. The van der Waals surface area contributed by atoms with E-state index in [1.165, 1.54) is 0 Å². The van der Waals surface area contributed by atoms with Crippen LogP contribution >= 0.6 is 0 Å². The number of amidine groups is 1. The number of fused-ring (bicyclic) bond motifs is 2. The number of aliphatic hydroxyl groups excluding tert-OH is 1. The number of halogens is 1. The van der Waals surface area contributed by atoms with Gasteiger partial charge in [0.15, 0.2) is 5.82 Å². The van der Waals surface area contributed by atoms with Gasteiger partial charge in [0.2, 0.25) is 5.70 Å². The number of nitrogens with zero attached hydrogens (tertiary/aromatic N) is 5. The van der Waals surface area contributed by atoms with Gasteiger partial charge in [-0.15, -0.1) is 4.59 Å². The van der Waals surface area contributed by atoms with E-state index in [1.54, 1.807) is 30.9 Å². The van der Waals surface area contributed by atoms with Crippen LogP contribution in [0.2, 0.25) is 0 Å². The van der Waals surface area contributed by atoms with Crippen molar-refractivity contribution in [3.8, 4) is 11.4 Å². The first-order chi connectivity index (χ1) is 16.0. The largest absolute Gasteiger partial charge is 0.393 e. The summed E-state index contributed by atoms with van der Waals surface area (Å²) < 4.78 is 15.8. The first-order valence-corrected chi connectivity index (χ1v) is 10.9. The van der Waals surface area contributed by atoms with E-state index in [-0.39, 0.29) is 22.1 Å². The van der Waals surface area contributed by atoms with E-state index in [1.807, 2.05) is 37.3 Å². The van der Waals surface area contributed by atoms with Gasteiger partial charge < -0.3 is 5.11 Å². The highest BCUT2D eigenvalue weighted by Crippen LogP contribution is 2.42. The molecule has 1 atom stereocenters. The molecule has 33 heavy (non-hydrogen) atoms. The van der Waals surface area contributed by atoms with Crippen LogP contribution < -0.4 is 5.84 Å². The molecule has 4 heterocycles. The van der Waals surface area contributed by atoms with Crippen molar-refractivity contribution in [2.45, 2.75) is 25.9 Å². The predicted molar refractivity (Wildman–Crippen MR) is 124 cm³/mol. The minimum Gasteiger partial charge on any atom is -0.393 e. The van der Waals surface area contributed by atoms with Crippen LogP contribution in [0.25, 0.3) is 22.3 Å². The standard InChI is InChI=1S/C25H22FN6O/c1-14-10-20(19-4-2-3-7-29-19)30-24-17(14)5-6-18(22(24)26)25-31-23(15-11-16(33)12-15)21-13-28-8-9-32(21,25)27/h2-10,13,15-16,33H,11-12,27H2,1H3/q+1. The van der Waals surface area contributed by atoms with Crippen LogP contribution in [0.1, 0.15) is 24.0 Å². The molecule has 1 saturated carbocycles. The maximum Gasteiger partial charge on any atom is 0.267 e. The second-order valence-corrected chi connectivity index (χ2v) is 8.74. The summed E-state index contributed by atoms with van der Waals surface area (Å²) >= 11 is 0. The zero-order valence-corrected chi connectivity index (χ0v) is 18.0. The van der Waals surface area contributed by atoms with Gasteiger partial charge in [-0.1, -0.05) is 12.1 Å². The lowest BCUT2D eigenvalue weighted by atomic mass is 9.79. The van der Waals surface area contributed by atoms with Crippen molar-refractivity contribution in [2.24, 2.45) is 21.7 Å². The summed E-state index contributed by atoms with van der Waals surface area (Å²) in [6, 6.07) is 11.1. The molecule has 6 rings (SSSR count). The highest BCUT2D eigenvalue weighted by atomic mass is 19.1. The number of hydrogen-bond donors (Lipinski definition) is 2. The molecule has 0 amide bonds. The Hall–Kier alpha value is -3.59. The summed E-state index contributed by atoms with van der Waals surface area (Å²) in [4.78, 5) is 18.0. The second-order valence-electron chi connectivity index (χ2n) is 8.74. The molecule has 2 aromatic heterocycles. The highest BCUT2D eigenvalue weighted by Gasteiger charge is 2.48. The Labute approximate surface area is 189 Å². The molecule has 3 aromatic rings. The normalized spacial score (nSPS) is 25.9. The summed E-state index contributed by atoms with van der Waals surface area (Å²) in [5, 5.41) is 10.5. The molecular formula is C25H22FN6O+. The van der Waals surface area contributed by atoms with E-state index in [9.17, 15) is 5.11 Å². The van der Waals surface area contributed by atoms with Gasteiger partial charge in [0.1, 0.15) is 17.4 Å². The third-order valence-corrected chi connectivity index (χ3v) is 6.62. The average Bonchev–Trinajstić information content (AvgIpc) is 3.10. The van der Waals surface area contributed by atoms with Crippen molar-refractivity contribution in [3.05, 3.63) is 83.3 Å². The zero-order valence-electron chi connectivity index (χ0n) is 18.0. The lowest BCUT2D eigenvalue weighted by Crippen LogP contribution is -2.53. The third-order valence-electron chi connectivity index (χ3n) is 6.62. The van der Waals surface area contributed by atoms with Crippen molar-refractivity contribution in [1.29, 1.82) is 0 Å². The molecule has 3 aliphatic rings. The van der Waals surface area contributed by atoms with Gasteiger partial charge in [-0.2, -0.15) is 10.8 Å². The number of quaternary nitrogens is 1. The van der Waals surface area contributed by atoms with E-state index in [0.29, 0.717) is 41.3 Å². The number of pyridine rings is 2. The van der Waals surface area contributed by atoms with Crippen molar-refractivity contribution in [2.75, 3.05) is 0 Å². The van der Waals surface area contributed by atoms with Crippen molar-refractivity contribution in [1.82, 2.24) is 9.97 Å². The molecule has 1 aliphatic carbocycles. The van der Waals surface area contributed by atoms with Gasteiger partial charge in [-0.25, -0.2) is 9.37 Å². The first kappa shape index (κ1) is 20.0. The molecule has 1 fully saturated rings. The van der Waals surface area contributed by atoms with E-state index in [4.69, 9.17) is 10.8 Å². The Morgan fingerprint density at radius 1 is 1.15 bits per heavy atom. The molecule has 1 unspecified atom stereocenters. The van der Waals surface area contributed by atoms with E-state index >= 15 is 4.39 Å². The van der Waals surface area contributed by atoms with Gasteiger partial charge in [0.25, 0.3) is 5.84 Å². The maximum absolute atomic E-state index is 16.1. The molecule has 164 valence electrons. The predicted octanol–water partition coefficient (Wildman–Crippen LogP) is 3.73. The van der Waals surface area contributed by atoms with Crippen LogP contribution in [-0.4, -0.2) is 37.8 Å². The molecule has 2 aliphatic heterocycles. The Kier molecular flexibility index (Phi) is 4.38. The van der Waals surface area contributed by atoms with Crippen molar-refractivity contribution < 1.29 is 14.1 Å². The first-order valence-electron chi connectivity index (χ1n) is 10.9. The molecule has 0 spiro atoms. The number of aliphatic imine (C=N–C) groups is 2. The minimum absolute atomic E-state index is 0.0751. The van der Waals surface area contributed by atoms with Gasteiger partial charge >= 0.3 is 0 Å². The monoisotopic (exact) mass is 441 g/mol. The maximum atomic E-state index is 16.1. The van der Waals surface area contributed by atoms with Crippen molar-refractivity contribution >= 4 is 23.0 Å². The summed E-state index contributed by atoms with van der Waals surface area (Å²) in [6.45, 7) is 1.93. The van der Waals surface area contributed by atoms with Crippen LogP contribution in [0, 0.1) is 18.7 Å². The number of aliphatic hydroxyl groups is 1. The Morgan fingerprint density at radius 3 is 2.76 bits per heavy atom. The Morgan fingerprint density at radius 2 is 2.00 bits per heavy atom. The number of aryl methyl sites for hydroxylation is 1.